The molecule has 0 N–H and O–H groups in total. The van der Waals surface area contributed by atoms with Crippen molar-refractivity contribution in [1.29, 1.82) is 0 Å². The Bertz CT molecular complexity index is 665. The van der Waals surface area contributed by atoms with Crippen molar-refractivity contribution in [2.24, 2.45) is 0 Å². The van der Waals surface area contributed by atoms with Crippen molar-refractivity contribution in [3.63, 3.8) is 0 Å². The minimum atomic E-state index is -0.337. The third kappa shape index (κ3) is 2.86. The van der Waals surface area contributed by atoms with E-state index in [2.05, 4.69) is 16.8 Å². The number of likely N-dealkylation sites (N-methyl/N-ethyl adjacent to an activating group) is 1. The summed E-state index contributed by atoms with van der Waals surface area (Å²) in [4.78, 5) is 19.1. The number of nitrogens with zero attached hydrogens (tertiary/aromatic N) is 3. The van der Waals surface area contributed by atoms with Crippen LogP contribution in [0.5, 0.6) is 0 Å². The van der Waals surface area contributed by atoms with E-state index in [9.17, 15) is 4.79 Å². The van der Waals surface area contributed by atoms with Gasteiger partial charge in [-0.2, -0.15) is 0 Å². The molecule has 5 heteroatoms. The average molecular weight is 301 g/mol. The number of hydrogen-bond donors (Lipinski definition) is 0. The number of fused-ring (bicyclic) bond motifs is 1. The number of pyridine rings is 1. The molecular weight excluding hydrogens is 278 g/mol. The Balaban J connectivity index is 1.87. The summed E-state index contributed by atoms with van der Waals surface area (Å²) in [5.74, 6) is -0.337. The van der Waals surface area contributed by atoms with Crippen molar-refractivity contribution >= 4 is 11.6 Å². The average Bonchev–Trinajstić information content (AvgIpc) is 2.96. The van der Waals surface area contributed by atoms with E-state index in [1.165, 1.54) is 32.9 Å². The molecule has 0 radical (unpaired) electrons. The molecule has 22 heavy (non-hydrogen) atoms. The predicted octanol–water partition coefficient (Wildman–Crippen LogP) is 2.54. The molecule has 1 atom stereocenters. The molecule has 3 heterocycles. The third-order valence-corrected chi connectivity index (χ3v) is 4.54. The first-order chi connectivity index (χ1) is 10.7. The summed E-state index contributed by atoms with van der Waals surface area (Å²) < 4.78 is 6.75. The zero-order valence-electron chi connectivity index (χ0n) is 13.3. The molecule has 0 aromatic carbocycles. The number of carbonyl (C=O) groups excluding carboxylic acids is 1. The lowest BCUT2D eigenvalue weighted by Crippen LogP contribution is -2.40. The molecule has 1 unspecified atom stereocenters. The largest absolute Gasteiger partial charge is 0.465 e. The van der Waals surface area contributed by atoms with Gasteiger partial charge in [-0.25, -0.2) is 9.78 Å². The molecule has 0 spiro atoms. The number of carbonyl (C=O) groups is 1. The SMILES string of the molecule is CCN1CCCCC1Cc1cn2cccc(C(=O)OC)c2n1. The van der Waals surface area contributed by atoms with Gasteiger partial charge in [-0.1, -0.05) is 13.3 Å². The van der Waals surface area contributed by atoms with Crippen molar-refractivity contribution in [1.82, 2.24) is 14.3 Å². The Morgan fingerprint density at radius 2 is 2.32 bits per heavy atom. The molecule has 2 aromatic rings. The zero-order chi connectivity index (χ0) is 15.5. The van der Waals surface area contributed by atoms with Crippen molar-refractivity contribution in [3.05, 3.63) is 35.8 Å². The van der Waals surface area contributed by atoms with Crippen LogP contribution in [-0.2, 0) is 11.2 Å². The highest BCUT2D eigenvalue weighted by atomic mass is 16.5. The number of imidazole rings is 1. The van der Waals surface area contributed by atoms with E-state index in [4.69, 9.17) is 4.74 Å². The second-order valence-corrected chi connectivity index (χ2v) is 5.86. The molecule has 0 bridgehead atoms. The lowest BCUT2D eigenvalue weighted by molar-refractivity contribution is 0.0602. The van der Waals surface area contributed by atoms with Gasteiger partial charge >= 0.3 is 5.97 Å². The minimum Gasteiger partial charge on any atom is -0.465 e. The highest BCUT2D eigenvalue weighted by Crippen LogP contribution is 2.21. The maximum atomic E-state index is 11.8. The number of rotatable bonds is 4. The number of methoxy groups -OCH3 is 1. The van der Waals surface area contributed by atoms with Crippen LogP contribution >= 0.6 is 0 Å². The van der Waals surface area contributed by atoms with Crippen molar-refractivity contribution in [2.45, 2.75) is 38.6 Å². The van der Waals surface area contributed by atoms with Gasteiger partial charge in [0.15, 0.2) is 5.65 Å². The summed E-state index contributed by atoms with van der Waals surface area (Å²) in [6.45, 7) is 4.49. The topological polar surface area (TPSA) is 46.8 Å². The van der Waals surface area contributed by atoms with Crippen LogP contribution in [0.3, 0.4) is 0 Å². The molecule has 5 nitrogen and oxygen atoms in total. The number of ether oxygens (including phenoxy) is 1. The van der Waals surface area contributed by atoms with Crippen LogP contribution in [0.4, 0.5) is 0 Å². The van der Waals surface area contributed by atoms with Gasteiger partial charge in [-0.3, -0.25) is 0 Å². The highest BCUT2D eigenvalue weighted by Gasteiger charge is 2.22. The Morgan fingerprint density at radius 3 is 3.09 bits per heavy atom. The van der Waals surface area contributed by atoms with Gasteiger partial charge in [0.1, 0.15) is 5.56 Å². The van der Waals surface area contributed by atoms with Gasteiger partial charge in [-0.15, -0.1) is 0 Å². The van der Waals surface area contributed by atoms with Gasteiger partial charge in [0, 0.05) is 24.9 Å². The fourth-order valence-electron chi connectivity index (χ4n) is 3.38. The molecule has 0 aliphatic carbocycles. The first-order valence-corrected chi connectivity index (χ1v) is 8.02. The Hall–Kier alpha value is -1.88. The molecule has 1 aliphatic rings. The molecule has 118 valence electrons. The van der Waals surface area contributed by atoms with Gasteiger partial charge in [0.2, 0.25) is 0 Å². The number of likely N-dealkylation sites (tertiary alicyclic amines) is 1. The summed E-state index contributed by atoms with van der Waals surface area (Å²) in [5.41, 5.74) is 2.25. The molecule has 1 fully saturated rings. The Kier molecular flexibility index (Phi) is 4.43. The number of aromatic nitrogens is 2. The van der Waals surface area contributed by atoms with Crippen LogP contribution in [0.1, 0.15) is 42.2 Å². The molecule has 0 saturated carbocycles. The van der Waals surface area contributed by atoms with Gasteiger partial charge < -0.3 is 14.0 Å². The molecule has 3 rings (SSSR count). The van der Waals surface area contributed by atoms with Gasteiger partial charge in [-0.05, 0) is 38.1 Å². The van der Waals surface area contributed by atoms with E-state index in [1.54, 1.807) is 6.07 Å². The quantitative estimate of drug-likeness (QED) is 0.814. The van der Waals surface area contributed by atoms with Crippen LogP contribution in [0.25, 0.3) is 5.65 Å². The normalized spacial score (nSPS) is 19.5. The fourth-order valence-corrected chi connectivity index (χ4v) is 3.38. The van der Waals surface area contributed by atoms with E-state index < -0.39 is 0 Å². The van der Waals surface area contributed by atoms with Crippen molar-refractivity contribution in [3.8, 4) is 0 Å². The molecular formula is C17H23N3O2. The van der Waals surface area contributed by atoms with Crippen molar-refractivity contribution in [2.75, 3.05) is 20.2 Å². The van der Waals surface area contributed by atoms with E-state index in [0.717, 1.165) is 18.7 Å². The van der Waals surface area contributed by atoms with Crippen molar-refractivity contribution < 1.29 is 9.53 Å². The van der Waals surface area contributed by atoms with Crippen LogP contribution < -0.4 is 0 Å². The molecule has 1 aliphatic heterocycles. The van der Waals surface area contributed by atoms with E-state index in [-0.39, 0.29) is 5.97 Å². The van der Waals surface area contributed by atoms with Crippen LogP contribution in [0.15, 0.2) is 24.5 Å². The van der Waals surface area contributed by atoms with Gasteiger partial charge in [0.25, 0.3) is 0 Å². The first kappa shape index (κ1) is 15.0. The van der Waals surface area contributed by atoms with Crippen LogP contribution in [0.2, 0.25) is 0 Å². The number of esters is 1. The molecule has 2 aromatic heterocycles. The summed E-state index contributed by atoms with van der Waals surface area (Å²) in [7, 11) is 1.40. The van der Waals surface area contributed by atoms with E-state index in [0.29, 0.717) is 17.3 Å². The second kappa shape index (κ2) is 6.48. The summed E-state index contributed by atoms with van der Waals surface area (Å²) in [6, 6.07) is 4.17. The summed E-state index contributed by atoms with van der Waals surface area (Å²) >= 11 is 0. The fraction of sp³-hybridized carbons (Fsp3) is 0.529. The molecule has 0 amide bonds. The van der Waals surface area contributed by atoms with Gasteiger partial charge in [0.05, 0.1) is 12.8 Å². The number of hydrogen-bond acceptors (Lipinski definition) is 4. The summed E-state index contributed by atoms with van der Waals surface area (Å²) in [6.07, 6.45) is 8.71. The lowest BCUT2D eigenvalue weighted by atomic mass is 9.98. The van der Waals surface area contributed by atoms with E-state index >= 15 is 0 Å². The monoisotopic (exact) mass is 301 g/mol. The first-order valence-electron chi connectivity index (χ1n) is 8.02. The zero-order valence-corrected chi connectivity index (χ0v) is 13.3. The lowest BCUT2D eigenvalue weighted by Gasteiger charge is -2.34. The van der Waals surface area contributed by atoms with Crippen LogP contribution in [0, 0.1) is 0 Å². The standard InChI is InChI=1S/C17H23N3O2/c1-3-19-9-5-4-7-14(19)11-13-12-20-10-6-8-15(16(20)18-13)17(21)22-2/h6,8,10,12,14H,3-5,7,9,11H2,1-2H3. The predicted molar refractivity (Wildman–Crippen MR) is 85.1 cm³/mol. The second-order valence-electron chi connectivity index (χ2n) is 5.86. The molecule has 1 saturated heterocycles. The summed E-state index contributed by atoms with van der Waals surface area (Å²) in [5, 5.41) is 0. The number of piperidine rings is 1. The van der Waals surface area contributed by atoms with E-state index in [1.807, 2.05) is 22.9 Å². The maximum Gasteiger partial charge on any atom is 0.341 e. The van der Waals surface area contributed by atoms with Crippen LogP contribution in [-0.4, -0.2) is 46.5 Å². The smallest absolute Gasteiger partial charge is 0.341 e. The minimum absolute atomic E-state index is 0.337. The third-order valence-electron chi connectivity index (χ3n) is 4.54. The highest BCUT2D eigenvalue weighted by molar-refractivity contribution is 5.95. The Morgan fingerprint density at radius 1 is 1.45 bits per heavy atom. The Labute approximate surface area is 130 Å². The maximum absolute atomic E-state index is 11.8.